The minimum Gasteiger partial charge on any atom is -0.508 e. The maximum atomic E-state index is 13.8. The Morgan fingerprint density at radius 3 is 2.41 bits per heavy atom. The van der Waals surface area contributed by atoms with Gasteiger partial charge in [0.15, 0.2) is 11.4 Å². The number of phenolic OH excluding ortho intramolecular Hbond substituents is 1. The number of ether oxygens (including phenoxy) is 1. The number of aliphatic hydroxyl groups is 4. The molecule has 1 fully saturated rings. The van der Waals surface area contributed by atoms with Crippen LogP contribution in [0.15, 0.2) is 29.0 Å². The highest BCUT2D eigenvalue weighted by molar-refractivity contribution is 6.23. The number of carbonyl (C=O) groups excluding carboxylic acids is 4. The third-order valence-electron chi connectivity index (χ3n) is 8.48. The highest BCUT2D eigenvalue weighted by Gasteiger charge is 2.65. The first-order valence-corrected chi connectivity index (χ1v) is 12.7. The van der Waals surface area contributed by atoms with Gasteiger partial charge >= 0.3 is 5.97 Å². The Morgan fingerprint density at radius 1 is 1.18 bits per heavy atom. The van der Waals surface area contributed by atoms with Crippen molar-refractivity contribution in [2.75, 3.05) is 6.61 Å². The third-order valence-corrected chi connectivity index (χ3v) is 8.48. The van der Waals surface area contributed by atoms with Crippen LogP contribution in [0.4, 0.5) is 0 Å². The number of rotatable bonds is 6. The fourth-order valence-corrected chi connectivity index (χ4v) is 6.41. The molecule has 0 aliphatic heterocycles. The normalized spacial score (nSPS) is 28.6. The van der Waals surface area contributed by atoms with Crippen LogP contribution in [0.2, 0.25) is 0 Å². The molecule has 11 heteroatoms. The zero-order chi connectivity index (χ0) is 29.2. The average Bonchev–Trinajstić information content (AvgIpc) is 2.84. The number of aliphatic hydroxyl groups excluding tert-OH is 3. The lowest BCUT2D eigenvalue weighted by Crippen LogP contribution is -2.63. The van der Waals surface area contributed by atoms with E-state index in [2.05, 4.69) is 0 Å². The van der Waals surface area contributed by atoms with Crippen molar-refractivity contribution in [3.05, 3.63) is 45.7 Å². The zero-order valence-electron chi connectivity index (χ0n) is 22.1. The van der Waals surface area contributed by atoms with Gasteiger partial charge in [-0.05, 0) is 29.7 Å². The number of phenols is 1. The highest BCUT2D eigenvalue weighted by atomic mass is 16.5. The molecule has 7 N–H and O–H groups in total. The maximum Gasteiger partial charge on any atom is 0.302 e. The molecule has 0 heterocycles. The van der Waals surface area contributed by atoms with E-state index in [0.717, 1.165) is 0 Å². The number of hydrogen-bond donors (Lipinski definition) is 6. The molecule has 210 valence electrons. The zero-order valence-corrected chi connectivity index (χ0v) is 22.1. The van der Waals surface area contributed by atoms with Gasteiger partial charge in [-0.2, -0.15) is 0 Å². The van der Waals surface area contributed by atoms with E-state index >= 15 is 0 Å². The van der Waals surface area contributed by atoms with Crippen LogP contribution in [0.1, 0.15) is 69.6 Å². The molecule has 0 aromatic heterocycles. The minimum absolute atomic E-state index is 0.0487. The van der Waals surface area contributed by atoms with E-state index in [1.54, 1.807) is 19.1 Å². The Hall–Kier alpha value is -3.70. The van der Waals surface area contributed by atoms with Gasteiger partial charge < -0.3 is 36.0 Å². The van der Waals surface area contributed by atoms with E-state index in [0.29, 0.717) is 24.0 Å². The van der Waals surface area contributed by atoms with Crippen molar-refractivity contribution in [1.82, 2.24) is 0 Å². The summed E-state index contributed by atoms with van der Waals surface area (Å²) in [5.41, 5.74) is 1.16. The molecule has 3 aliphatic carbocycles. The molecule has 5 atom stereocenters. The summed E-state index contributed by atoms with van der Waals surface area (Å²) in [7, 11) is 0. The van der Waals surface area contributed by atoms with Crippen molar-refractivity contribution in [1.29, 1.82) is 0 Å². The maximum absolute atomic E-state index is 13.8. The van der Waals surface area contributed by atoms with Crippen molar-refractivity contribution in [3.8, 4) is 5.75 Å². The Balaban J connectivity index is 1.85. The number of fused-ring (bicyclic) bond motifs is 3. The number of Topliss-reactive ketones (excluding diaryl/α,β-unsaturated/α-hetero) is 2. The second kappa shape index (κ2) is 9.49. The fraction of sp³-hybridized carbons (Fsp3) is 0.500. The molecule has 39 heavy (non-hydrogen) atoms. The van der Waals surface area contributed by atoms with Gasteiger partial charge in [0, 0.05) is 36.3 Å². The molecule has 5 unspecified atom stereocenters. The summed E-state index contributed by atoms with van der Waals surface area (Å²) in [4.78, 5) is 49.2. The van der Waals surface area contributed by atoms with Gasteiger partial charge in [-0.15, -0.1) is 0 Å². The Labute approximate surface area is 224 Å². The summed E-state index contributed by atoms with van der Waals surface area (Å²) in [5.74, 6) is -9.30. The van der Waals surface area contributed by atoms with Gasteiger partial charge in [-0.3, -0.25) is 19.2 Å². The summed E-state index contributed by atoms with van der Waals surface area (Å²) >= 11 is 0. The summed E-state index contributed by atoms with van der Waals surface area (Å²) in [5, 5.41) is 56.2. The van der Waals surface area contributed by atoms with E-state index in [9.17, 15) is 44.7 Å². The standard InChI is InChI=1S/C28H33NO10/c1-11-13-6-7-14(27(3,4)8-5-9-39-12(2)30)21(32)18(13)23(34)20-17(11)22(33)15-10-16(31)19(26(29)37)24(35)28(15,38)25(20)36/h6-7,11,15,17,22,32-35,38H,5,8-10H2,1-4H3,(H2,29,37). The summed E-state index contributed by atoms with van der Waals surface area (Å²) < 4.78 is 4.99. The molecule has 4 rings (SSSR count). The van der Waals surface area contributed by atoms with Gasteiger partial charge in [0.05, 0.1) is 18.3 Å². The number of nitrogens with two attached hydrogens (primary N) is 1. The number of ketones is 2. The predicted molar refractivity (Wildman–Crippen MR) is 136 cm³/mol. The van der Waals surface area contributed by atoms with E-state index in [-0.39, 0.29) is 17.9 Å². The molecular weight excluding hydrogens is 510 g/mol. The van der Waals surface area contributed by atoms with Crippen LogP contribution in [0.5, 0.6) is 5.75 Å². The molecular formula is C28H33NO10. The van der Waals surface area contributed by atoms with Gasteiger partial charge in [0.2, 0.25) is 5.78 Å². The van der Waals surface area contributed by atoms with Crippen LogP contribution in [0.3, 0.4) is 0 Å². The molecule has 0 radical (unpaired) electrons. The van der Waals surface area contributed by atoms with Crippen molar-refractivity contribution in [3.63, 3.8) is 0 Å². The summed E-state index contributed by atoms with van der Waals surface area (Å²) in [6, 6.07) is 3.38. The fourth-order valence-electron chi connectivity index (χ4n) is 6.41. The molecule has 0 spiro atoms. The third kappa shape index (κ3) is 4.11. The average molecular weight is 544 g/mol. The number of aromatic hydroxyl groups is 1. The van der Waals surface area contributed by atoms with Gasteiger partial charge in [-0.1, -0.05) is 32.9 Å². The second-order valence-electron chi connectivity index (χ2n) is 11.2. The molecule has 3 aliphatic rings. The van der Waals surface area contributed by atoms with E-state index in [1.165, 1.54) is 6.92 Å². The lowest BCUT2D eigenvalue weighted by atomic mass is 9.55. The van der Waals surface area contributed by atoms with Gasteiger partial charge in [0.25, 0.3) is 5.91 Å². The monoisotopic (exact) mass is 543 g/mol. The van der Waals surface area contributed by atoms with E-state index in [4.69, 9.17) is 10.5 Å². The molecule has 1 saturated carbocycles. The molecule has 0 saturated heterocycles. The lowest BCUT2D eigenvalue weighted by Gasteiger charge is -2.50. The summed E-state index contributed by atoms with van der Waals surface area (Å²) in [6.07, 6.45) is -1.20. The second-order valence-corrected chi connectivity index (χ2v) is 11.2. The Morgan fingerprint density at radius 2 is 1.82 bits per heavy atom. The molecule has 1 aromatic rings. The first kappa shape index (κ1) is 28.3. The van der Waals surface area contributed by atoms with Crippen molar-refractivity contribution >= 4 is 29.2 Å². The van der Waals surface area contributed by atoms with E-state index in [1.807, 2.05) is 13.8 Å². The molecule has 11 nitrogen and oxygen atoms in total. The Bertz CT molecular complexity index is 1360. The van der Waals surface area contributed by atoms with Gasteiger partial charge in [-0.25, -0.2) is 0 Å². The quantitative estimate of drug-likeness (QED) is 0.173. The van der Waals surface area contributed by atoms with Gasteiger partial charge in [0.1, 0.15) is 22.8 Å². The van der Waals surface area contributed by atoms with Crippen LogP contribution >= 0.6 is 0 Å². The smallest absolute Gasteiger partial charge is 0.302 e. The van der Waals surface area contributed by atoms with Crippen molar-refractivity contribution in [2.45, 2.75) is 70.0 Å². The largest absolute Gasteiger partial charge is 0.508 e. The summed E-state index contributed by atoms with van der Waals surface area (Å²) in [6.45, 7) is 6.89. The first-order valence-electron chi connectivity index (χ1n) is 12.7. The van der Waals surface area contributed by atoms with Crippen molar-refractivity contribution < 1.29 is 49.4 Å². The predicted octanol–water partition coefficient (Wildman–Crippen LogP) is 1.58. The molecule has 0 bridgehead atoms. The number of amides is 1. The first-order chi connectivity index (χ1) is 18.1. The number of carbonyl (C=O) groups is 4. The highest BCUT2D eigenvalue weighted by Crippen LogP contribution is 2.56. The van der Waals surface area contributed by atoms with Crippen LogP contribution in [-0.4, -0.2) is 67.3 Å². The van der Waals surface area contributed by atoms with Crippen molar-refractivity contribution in [2.24, 2.45) is 17.6 Å². The topological polar surface area (TPSA) is 205 Å². The number of primary amides is 1. The molecule has 1 amide bonds. The van der Waals surface area contributed by atoms with Crippen LogP contribution in [0.25, 0.3) is 5.76 Å². The number of esters is 1. The lowest BCUT2D eigenvalue weighted by molar-refractivity contribution is -0.160. The van der Waals surface area contributed by atoms with Crippen LogP contribution in [0, 0.1) is 11.8 Å². The minimum atomic E-state index is -2.88. The van der Waals surface area contributed by atoms with Crippen LogP contribution < -0.4 is 5.73 Å². The number of benzene rings is 1. The van der Waals surface area contributed by atoms with E-state index < -0.39 is 87.4 Å². The molecule has 1 aromatic carbocycles. The Kier molecular flexibility index (Phi) is 6.89. The SMILES string of the molecule is CC(=O)OCCCC(C)(C)c1ccc2c(c1O)C(O)=C1C(=O)C3(O)C(O)=C(C(N)=O)C(=O)CC3C(O)C1C2C. The van der Waals surface area contributed by atoms with Crippen LogP contribution in [-0.2, 0) is 29.3 Å². The number of hydrogen-bond acceptors (Lipinski definition) is 10.